The van der Waals surface area contributed by atoms with E-state index in [-0.39, 0.29) is 6.15 Å². The summed E-state index contributed by atoms with van der Waals surface area (Å²) in [5.41, 5.74) is 5.32. The highest BCUT2D eigenvalue weighted by Crippen LogP contribution is 2.11. The average Bonchev–Trinajstić information content (AvgIpc) is 1.77. The molecule has 5 heteroatoms. The van der Waals surface area contributed by atoms with E-state index in [1.165, 1.54) is 6.33 Å². The molecule has 0 aromatic carbocycles. The van der Waals surface area contributed by atoms with Crippen molar-refractivity contribution in [3.63, 3.8) is 0 Å². The second kappa shape index (κ2) is 3.37. The van der Waals surface area contributed by atoms with Gasteiger partial charge < -0.3 is 11.9 Å². The lowest BCUT2D eigenvalue weighted by Crippen LogP contribution is -1.90. The molecule has 0 aliphatic rings. The Morgan fingerprint density at radius 1 is 1.56 bits per heavy atom. The molecule has 0 radical (unpaired) electrons. The number of hydrogen-bond donors (Lipinski definition) is 2. The fourth-order valence-electron chi connectivity index (χ4n) is 0.322. The number of aromatic nitrogens is 2. The maximum Gasteiger partial charge on any atom is 0.141 e. The van der Waals surface area contributed by atoms with E-state index in [1.54, 1.807) is 6.20 Å². The van der Waals surface area contributed by atoms with Crippen molar-refractivity contribution >= 4 is 21.7 Å². The van der Waals surface area contributed by atoms with E-state index in [4.69, 9.17) is 5.73 Å². The molecule has 0 atom stereocenters. The molecular weight excluding hydrogens is 184 g/mol. The minimum atomic E-state index is 0. The molecule has 0 saturated heterocycles. The van der Waals surface area contributed by atoms with E-state index in [1.807, 2.05) is 0 Å². The van der Waals surface area contributed by atoms with Crippen LogP contribution in [0.5, 0.6) is 0 Å². The highest BCUT2D eigenvalue weighted by molar-refractivity contribution is 9.10. The molecule has 9 heavy (non-hydrogen) atoms. The van der Waals surface area contributed by atoms with Gasteiger partial charge in [0.2, 0.25) is 0 Å². The van der Waals surface area contributed by atoms with Crippen LogP contribution in [0.1, 0.15) is 0 Å². The van der Waals surface area contributed by atoms with Gasteiger partial charge >= 0.3 is 0 Å². The minimum absolute atomic E-state index is 0. The summed E-state index contributed by atoms with van der Waals surface area (Å²) in [5, 5.41) is 0. The van der Waals surface area contributed by atoms with Gasteiger partial charge in [0.15, 0.2) is 0 Å². The standard InChI is InChI=1S/C4H4BrN3.H3N/c5-3-1-7-2-8-4(3)6;/h1-2H,(H2,6,7,8);1H3. The van der Waals surface area contributed by atoms with E-state index >= 15 is 0 Å². The topological polar surface area (TPSA) is 86.8 Å². The van der Waals surface area contributed by atoms with Crippen molar-refractivity contribution < 1.29 is 0 Å². The lowest BCUT2D eigenvalue weighted by molar-refractivity contribution is 1.16. The largest absolute Gasteiger partial charge is 0.383 e. The van der Waals surface area contributed by atoms with Crippen LogP contribution >= 0.6 is 15.9 Å². The number of rotatable bonds is 0. The van der Waals surface area contributed by atoms with E-state index in [0.717, 1.165) is 4.47 Å². The SMILES string of the molecule is N.Nc1ncncc1Br. The highest BCUT2D eigenvalue weighted by atomic mass is 79.9. The second-order valence-corrected chi connectivity index (χ2v) is 2.11. The molecule has 0 aliphatic heterocycles. The number of anilines is 1. The molecule has 1 aromatic heterocycles. The third-order valence-corrected chi connectivity index (χ3v) is 1.31. The molecule has 0 aliphatic carbocycles. The van der Waals surface area contributed by atoms with Gasteiger partial charge in [-0.3, -0.25) is 0 Å². The Hall–Kier alpha value is -0.680. The summed E-state index contributed by atoms with van der Waals surface area (Å²) in [6.07, 6.45) is 3.00. The van der Waals surface area contributed by atoms with Gasteiger partial charge in [0.25, 0.3) is 0 Å². The molecule has 1 aromatic rings. The summed E-state index contributed by atoms with van der Waals surface area (Å²) in [6, 6.07) is 0. The summed E-state index contributed by atoms with van der Waals surface area (Å²) in [7, 11) is 0. The second-order valence-electron chi connectivity index (χ2n) is 1.26. The number of nitrogen functional groups attached to an aromatic ring is 1. The van der Waals surface area contributed by atoms with Crippen molar-refractivity contribution in [1.82, 2.24) is 16.1 Å². The first kappa shape index (κ1) is 8.32. The van der Waals surface area contributed by atoms with E-state index < -0.39 is 0 Å². The van der Waals surface area contributed by atoms with Gasteiger partial charge in [0, 0.05) is 6.20 Å². The third kappa shape index (κ3) is 1.95. The Bertz CT molecular complexity index is 169. The van der Waals surface area contributed by atoms with E-state index in [9.17, 15) is 0 Å². The van der Waals surface area contributed by atoms with Crippen LogP contribution in [0.25, 0.3) is 0 Å². The minimum Gasteiger partial charge on any atom is -0.383 e. The number of hydrogen-bond acceptors (Lipinski definition) is 4. The van der Waals surface area contributed by atoms with Crippen molar-refractivity contribution in [2.45, 2.75) is 0 Å². The predicted octanol–water partition coefficient (Wildman–Crippen LogP) is 0.983. The van der Waals surface area contributed by atoms with Gasteiger partial charge in [-0.25, -0.2) is 9.97 Å². The molecule has 5 N–H and O–H groups in total. The molecule has 1 rings (SSSR count). The smallest absolute Gasteiger partial charge is 0.141 e. The van der Waals surface area contributed by atoms with E-state index in [0.29, 0.717) is 5.82 Å². The van der Waals surface area contributed by atoms with Gasteiger partial charge in [0.1, 0.15) is 12.1 Å². The number of nitrogens with two attached hydrogens (primary N) is 1. The summed E-state index contributed by atoms with van der Waals surface area (Å²) >= 11 is 3.15. The molecular formula is C4H7BrN4. The van der Waals surface area contributed by atoms with Crippen LogP contribution in [0, 0.1) is 0 Å². The van der Waals surface area contributed by atoms with Crippen LogP contribution in [0.2, 0.25) is 0 Å². The summed E-state index contributed by atoms with van der Waals surface area (Å²) in [5.74, 6) is 0.472. The third-order valence-electron chi connectivity index (χ3n) is 0.696. The first-order chi connectivity index (χ1) is 3.80. The Morgan fingerprint density at radius 2 is 2.22 bits per heavy atom. The Balaban J connectivity index is 0.000000640. The average molecular weight is 191 g/mol. The Labute approximate surface area is 61.2 Å². The molecule has 0 amide bonds. The van der Waals surface area contributed by atoms with Crippen molar-refractivity contribution in [1.29, 1.82) is 0 Å². The highest BCUT2D eigenvalue weighted by Gasteiger charge is 1.89. The van der Waals surface area contributed by atoms with Crippen molar-refractivity contribution in [2.75, 3.05) is 5.73 Å². The fraction of sp³-hybridized carbons (Fsp3) is 0. The first-order valence-electron chi connectivity index (χ1n) is 2.01. The summed E-state index contributed by atoms with van der Waals surface area (Å²) < 4.78 is 0.736. The lowest BCUT2D eigenvalue weighted by Gasteiger charge is -1.89. The van der Waals surface area contributed by atoms with Gasteiger partial charge in [-0.1, -0.05) is 0 Å². The van der Waals surface area contributed by atoms with Crippen LogP contribution in [0.15, 0.2) is 17.0 Å². The molecule has 1 heterocycles. The van der Waals surface area contributed by atoms with Crippen molar-refractivity contribution in [2.24, 2.45) is 0 Å². The van der Waals surface area contributed by atoms with E-state index in [2.05, 4.69) is 25.9 Å². The quantitative estimate of drug-likeness (QED) is 0.639. The summed E-state index contributed by atoms with van der Waals surface area (Å²) in [6.45, 7) is 0. The molecule has 0 saturated carbocycles. The van der Waals surface area contributed by atoms with Gasteiger partial charge in [0.05, 0.1) is 4.47 Å². The Kier molecular flexibility index (Phi) is 3.11. The Morgan fingerprint density at radius 3 is 2.56 bits per heavy atom. The van der Waals surface area contributed by atoms with Crippen LogP contribution in [-0.2, 0) is 0 Å². The van der Waals surface area contributed by atoms with Crippen LogP contribution < -0.4 is 11.9 Å². The van der Waals surface area contributed by atoms with Gasteiger partial charge in [-0.15, -0.1) is 0 Å². The zero-order chi connectivity index (χ0) is 5.98. The maximum absolute atomic E-state index is 5.32. The zero-order valence-electron chi connectivity index (χ0n) is 4.71. The monoisotopic (exact) mass is 190 g/mol. The van der Waals surface area contributed by atoms with Crippen molar-refractivity contribution in [3.05, 3.63) is 17.0 Å². The molecule has 0 spiro atoms. The fourth-order valence-corrected chi connectivity index (χ4v) is 0.543. The van der Waals surface area contributed by atoms with Crippen LogP contribution in [-0.4, -0.2) is 9.97 Å². The molecule has 0 unspecified atom stereocenters. The summed E-state index contributed by atoms with van der Waals surface area (Å²) in [4.78, 5) is 7.41. The number of halogens is 1. The van der Waals surface area contributed by atoms with Crippen LogP contribution in [0.3, 0.4) is 0 Å². The molecule has 0 bridgehead atoms. The lowest BCUT2D eigenvalue weighted by atomic mass is 10.6. The first-order valence-corrected chi connectivity index (χ1v) is 2.81. The maximum atomic E-state index is 5.32. The number of nitrogens with zero attached hydrogens (tertiary/aromatic N) is 2. The van der Waals surface area contributed by atoms with Gasteiger partial charge in [-0.05, 0) is 15.9 Å². The van der Waals surface area contributed by atoms with Gasteiger partial charge in [-0.2, -0.15) is 0 Å². The predicted molar refractivity (Wildman–Crippen MR) is 39.2 cm³/mol. The van der Waals surface area contributed by atoms with Crippen LogP contribution in [0.4, 0.5) is 5.82 Å². The zero-order valence-corrected chi connectivity index (χ0v) is 6.30. The molecule has 4 nitrogen and oxygen atoms in total. The van der Waals surface area contributed by atoms with Crippen molar-refractivity contribution in [3.8, 4) is 0 Å². The molecule has 50 valence electrons. The molecule has 0 fully saturated rings. The normalized spacial score (nSPS) is 8.11.